The molecule has 0 spiro atoms. The van der Waals surface area contributed by atoms with Crippen molar-refractivity contribution >= 4 is 11.6 Å². The lowest BCUT2D eigenvalue weighted by atomic mass is 10.2. The molecular weight excluding hydrogens is 356 g/mol. The van der Waals surface area contributed by atoms with Crippen LogP contribution in [-0.4, -0.2) is 91.9 Å². The lowest BCUT2D eigenvalue weighted by Crippen LogP contribution is -2.49. The molecule has 2 aliphatic heterocycles. The first-order valence-corrected chi connectivity index (χ1v) is 10.4. The number of nitrogens with one attached hydrogen (secondary N) is 1. The van der Waals surface area contributed by atoms with Crippen LogP contribution in [0.2, 0.25) is 0 Å². The number of anilines is 1. The van der Waals surface area contributed by atoms with Gasteiger partial charge in [-0.1, -0.05) is 12.1 Å². The molecule has 7 nitrogen and oxygen atoms in total. The van der Waals surface area contributed by atoms with Gasteiger partial charge < -0.3 is 20.1 Å². The molecule has 0 bridgehead atoms. The van der Waals surface area contributed by atoms with Crippen LogP contribution >= 0.6 is 0 Å². The SMILES string of the molecule is C[C@@H]1CN(CCCNC(=O)CN2CCN(c3ccccc3O)CC2)C[C@H](C)O1. The third kappa shape index (κ3) is 6.09. The molecule has 7 heteroatoms. The second-order valence-corrected chi connectivity index (χ2v) is 7.97. The number of nitrogens with zero attached hydrogens (tertiary/aromatic N) is 3. The van der Waals surface area contributed by atoms with Crippen LogP contribution in [0.25, 0.3) is 0 Å². The van der Waals surface area contributed by atoms with Crippen molar-refractivity contribution < 1.29 is 14.6 Å². The van der Waals surface area contributed by atoms with Crippen LogP contribution in [-0.2, 0) is 9.53 Å². The minimum atomic E-state index is 0.0970. The predicted octanol–water partition coefficient (Wildman–Crippen LogP) is 1.13. The molecule has 0 aromatic heterocycles. The molecule has 2 saturated heterocycles. The molecule has 0 saturated carbocycles. The normalized spacial score (nSPS) is 24.3. The molecule has 2 heterocycles. The topological polar surface area (TPSA) is 68.3 Å². The minimum absolute atomic E-state index is 0.0970. The Labute approximate surface area is 168 Å². The number of hydrogen-bond acceptors (Lipinski definition) is 6. The van der Waals surface area contributed by atoms with Gasteiger partial charge in [0.2, 0.25) is 5.91 Å². The highest BCUT2D eigenvalue weighted by Crippen LogP contribution is 2.27. The first kappa shape index (κ1) is 20.9. The number of rotatable bonds is 7. The van der Waals surface area contributed by atoms with Gasteiger partial charge in [0.1, 0.15) is 5.75 Å². The molecular formula is C21H34N4O3. The summed E-state index contributed by atoms with van der Waals surface area (Å²) in [5, 5.41) is 13.0. The summed E-state index contributed by atoms with van der Waals surface area (Å²) in [6, 6.07) is 7.42. The Balaban J connectivity index is 1.30. The van der Waals surface area contributed by atoms with E-state index in [4.69, 9.17) is 4.74 Å². The van der Waals surface area contributed by atoms with E-state index in [0.717, 1.165) is 64.5 Å². The summed E-state index contributed by atoms with van der Waals surface area (Å²) < 4.78 is 5.75. The van der Waals surface area contributed by atoms with Crippen LogP contribution in [0.4, 0.5) is 5.69 Å². The Morgan fingerprint density at radius 1 is 1.11 bits per heavy atom. The number of carbonyl (C=O) groups is 1. The molecule has 1 aromatic rings. The van der Waals surface area contributed by atoms with Crippen molar-refractivity contribution in [1.82, 2.24) is 15.1 Å². The number of aromatic hydroxyl groups is 1. The highest BCUT2D eigenvalue weighted by molar-refractivity contribution is 5.78. The zero-order valence-corrected chi connectivity index (χ0v) is 17.1. The van der Waals surface area contributed by atoms with Gasteiger partial charge in [-0.05, 0) is 32.4 Å². The Bertz CT molecular complexity index is 624. The lowest BCUT2D eigenvalue weighted by Gasteiger charge is -2.36. The summed E-state index contributed by atoms with van der Waals surface area (Å²) >= 11 is 0. The van der Waals surface area contributed by atoms with Crippen molar-refractivity contribution in [3.8, 4) is 5.75 Å². The number of piperazine rings is 1. The number of ether oxygens (including phenoxy) is 1. The van der Waals surface area contributed by atoms with E-state index in [1.807, 2.05) is 18.2 Å². The third-order valence-electron chi connectivity index (χ3n) is 5.43. The number of hydrogen-bond donors (Lipinski definition) is 2. The largest absolute Gasteiger partial charge is 0.506 e. The zero-order chi connectivity index (χ0) is 19.9. The van der Waals surface area contributed by atoms with Crippen LogP contribution in [0.15, 0.2) is 24.3 Å². The van der Waals surface area contributed by atoms with Crippen molar-refractivity contribution in [2.45, 2.75) is 32.5 Å². The number of benzene rings is 1. The van der Waals surface area contributed by atoms with Gasteiger partial charge in [-0.2, -0.15) is 0 Å². The fraction of sp³-hybridized carbons (Fsp3) is 0.667. The number of phenols is 1. The molecule has 0 unspecified atom stereocenters. The summed E-state index contributed by atoms with van der Waals surface area (Å²) in [5.74, 6) is 0.414. The highest BCUT2D eigenvalue weighted by Gasteiger charge is 2.22. The fourth-order valence-electron chi connectivity index (χ4n) is 4.13. The molecule has 3 rings (SSSR count). The zero-order valence-electron chi connectivity index (χ0n) is 17.1. The van der Waals surface area contributed by atoms with Crippen molar-refractivity contribution in [2.75, 3.05) is 63.8 Å². The van der Waals surface area contributed by atoms with Crippen molar-refractivity contribution in [3.05, 3.63) is 24.3 Å². The van der Waals surface area contributed by atoms with Gasteiger partial charge in [0, 0.05) is 52.4 Å². The second kappa shape index (κ2) is 10.1. The van der Waals surface area contributed by atoms with E-state index in [-0.39, 0.29) is 18.1 Å². The van der Waals surface area contributed by atoms with Crippen LogP contribution < -0.4 is 10.2 Å². The Morgan fingerprint density at radius 3 is 2.46 bits per heavy atom. The van der Waals surface area contributed by atoms with Crippen LogP contribution in [0.5, 0.6) is 5.75 Å². The van der Waals surface area contributed by atoms with Crippen LogP contribution in [0, 0.1) is 0 Å². The molecule has 2 aliphatic rings. The summed E-state index contributed by atoms with van der Waals surface area (Å²) in [4.78, 5) is 19.0. The smallest absolute Gasteiger partial charge is 0.234 e. The van der Waals surface area contributed by atoms with E-state index in [1.54, 1.807) is 6.07 Å². The van der Waals surface area contributed by atoms with E-state index >= 15 is 0 Å². The van der Waals surface area contributed by atoms with Gasteiger partial charge in [-0.15, -0.1) is 0 Å². The average molecular weight is 391 g/mol. The molecule has 2 N–H and O–H groups in total. The molecule has 1 aromatic carbocycles. The molecule has 0 aliphatic carbocycles. The summed E-state index contributed by atoms with van der Waals surface area (Å²) in [6.07, 6.45) is 1.54. The average Bonchev–Trinajstić information content (AvgIpc) is 2.66. The van der Waals surface area contributed by atoms with E-state index in [0.29, 0.717) is 12.3 Å². The maximum atomic E-state index is 12.2. The van der Waals surface area contributed by atoms with Gasteiger partial charge in [-0.25, -0.2) is 0 Å². The second-order valence-electron chi connectivity index (χ2n) is 7.97. The van der Waals surface area contributed by atoms with Gasteiger partial charge in [0.25, 0.3) is 0 Å². The van der Waals surface area contributed by atoms with Gasteiger partial charge in [0.15, 0.2) is 0 Å². The Morgan fingerprint density at radius 2 is 1.79 bits per heavy atom. The van der Waals surface area contributed by atoms with Crippen molar-refractivity contribution in [1.29, 1.82) is 0 Å². The van der Waals surface area contributed by atoms with Gasteiger partial charge >= 0.3 is 0 Å². The number of amides is 1. The quantitative estimate of drug-likeness (QED) is 0.681. The van der Waals surface area contributed by atoms with Crippen LogP contribution in [0.3, 0.4) is 0 Å². The molecule has 156 valence electrons. The van der Waals surface area contributed by atoms with Crippen molar-refractivity contribution in [3.63, 3.8) is 0 Å². The van der Waals surface area contributed by atoms with E-state index in [2.05, 4.69) is 33.9 Å². The standard InChI is InChI=1S/C21H34N4O3/c1-17-14-24(15-18(2)28-17)9-5-8-22-21(27)16-23-10-12-25(13-11-23)19-6-3-4-7-20(19)26/h3-4,6-7,17-18,26H,5,8-16H2,1-2H3,(H,22,27)/t17-,18+. The summed E-state index contributed by atoms with van der Waals surface area (Å²) in [6.45, 7) is 11.6. The molecule has 1 amide bonds. The van der Waals surface area contributed by atoms with E-state index in [9.17, 15) is 9.90 Å². The first-order valence-electron chi connectivity index (χ1n) is 10.4. The number of para-hydroxylation sites is 2. The highest BCUT2D eigenvalue weighted by atomic mass is 16.5. The number of phenolic OH excluding ortho intramolecular Hbond substituents is 1. The number of morpholine rings is 1. The Hall–Kier alpha value is -1.83. The molecule has 2 atom stereocenters. The maximum Gasteiger partial charge on any atom is 0.234 e. The van der Waals surface area contributed by atoms with Crippen LogP contribution in [0.1, 0.15) is 20.3 Å². The van der Waals surface area contributed by atoms with Gasteiger partial charge in [0.05, 0.1) is 24.4 Å². The van der Waals surface area contributed by atoms with Gasteiger partial charge in [-0.3, -0.25) is 14.6 Å². The minimum Gasteiger partial charge on any atom is -0.506 e. The molecule has 0 radical (unpaired) electrons. The van der Waals surface area contributed by atoms with E-state index in [1.165, 1.54) is 0 Å². The molecule has 2 fully saturated rings. The maximum absolute atomic E-state index is 12.2. The number of carbonyl (C=O) groups excluding carboxylic acids is 1. The van der Waals surface area contributed by atoms with Crippen molar-refractivity contribution in [2.24, 2.45) is 0 Å². The Kier molecular flexibility index (Phi) is 7.53. The fourth-order valence-corrected chi connectivity index (χ4v) is 4.13. The summed E-state index contributed by atoms with van der Waals surface area (Å²) in [7, 11) is 0. The monoisotopic (exact) mass is 390 g/mol. The third-order valence-corrected chi connectivity index (χ3v) is 5.43. The summed E-state index contributed by atoms with van der Waals surface area (Å²) in [5.41, 5.74) is 0.873. The molecule has 28 heavy (non-hydrogen) atoms. The lowest BCUT2D eigenvalue weighted by molar-refractivity contribution is -0.122. The first-order chi connectivity index (χ1) is 13.5. The van der Waals surface area contributed by atoms with E-state index < -0.39 is 0 Å². The predicted molar refractivity (Wildman–Crippen MR) is 111 cm³/mol.